The third kappa shape index (κ3) is 3.47. The van der Waals surface area contributed by atoms with Crippen LogP contribution in [0.25, 0.3) is 0 Å². The zero-order valence-corrected chi connectivity index (χ0v) is 14.0. The molecule has 0 spiro atoms. The normalized spacial score (nSPS) is 21.2. The molecule has 0 amide bonds. The first-order valence-electron chi connectivity index (χ1n) is 8.22. The van der Waals surface area contributed by atoms with Crippen LogP contribution in [0.15, 0.2) is 6.07 Å². The zero-order chi connectivity index (χ0) is 15.5. The predicted octanol–water partition coefficient (Wildman–Crippen LogP) is 1.76. The molecule has 3 N–H and O–H groups in total. The van der Waals surface area contributed by atoms with Gasteiger partial charge in [0.05, 0.1) is 5.69 Å². The molecule has 2 atom stereocenters. The fourth-order valence-corrected chi connectivity index (χ4v) is 3.62. The fraction of sp³-hybridized carbons (Fsp3) is 0.812. The number of aromatic nitrogens is 2. The van der Waals surface area contributed by atoms with Gasteiger partial charge in [-0.1, -0.05) is 13.3 Å². The molecule has 5 nitrogen and oxygen atoms in total. The maximum Gasteiger partial charge on any atom is 0.0596 e. The first kappa shape index (κ1) is 16.5. The van der Waals surface area contributed by atoms with Crippen molar-refractivity contribution in [3.8, 4) is 0 Å². The topological polar surface area (TPSA) is 59.1 Å². The van der Waals surface area contributed by atoms with Gasteiger partial charge in [-0.2, -0.15) is 5.10 Å². The molecule has 0 saturated carbocycles. The van der Waals surface area contributed by atoms with Crippen molar-refractivity contribution in [2.75, 3.05) is 13.1 Å². The molecular weight excluding hydrogens is 262 g/mol. The van der Waals surface area contributed by atoms with E-state index in [1.165, 1.54) is 38.0 Å². The minimum Gasteiger partial charge on any atom is -0.296 e. The lowest BCUT2D eigenvalue weighted by molar-refractivity contribution is 0.0424. The first-order valence-corrected chi connectivity index (χ1v) is 8.22. The van der Waals surface area contributed by atoms with E-state index in [0.29, 0.717) is 0 Å². The summed E-state index contributed by atoms with van der Waals surface area (Å²) in [6, 6.07) is 2.40. The Bertz CT molecular complexity index is 450. The highest BCUT2D eigenvalue weighted by atomic mass is 15.3. The molecule has 1 aromatic rings. The molecule has 2 rings (SSSR count). The van der Waals surface area contributed by atoms with Crippen molar-refractivity contribution in [3.63, 3.8) is 0 Å². The van der Waals surface area contributed by atoms with E-state index < -0.39 is 0 Å². The predicted molar refractivity (Wildman–Crippen MR) is 86.9 cm³/mol. The summed E-state index contributed by atoms with van der Waals surface area (Å²) in [5.41, 5.74) is 5.50. The Hall–Kier alpha value is -0.910. The Morgan fingerprint density at radius 2 is 2.05 bits per heavy atom. The summed E-state index contributed by atoms with van der Waals surface area (Å²) < 4.78 is 1.98. The maximum absolute atomic E-state index is 5.94. The quantitative estimate of drug-likeness (QED) is 0.620. The Morgan fingerprint density at radius 3 is 2.52 bits per heavy atom. The number of piperidine rings is 1. The average molecular weight is 293 g/mol. The molecule has 5 heteroatoms. The Morgan fingerprint density at radius 1 is 1.38 bits per heavy atom. The van der Waals surface area contributed by atoms with Crippen LogP contribution in [0.5, 0.6) is 0 Å². The fourth-order valence-electron chi connectivity index (χ4n) is 3.62. The largest absolute Gasteiger partial charge is 0.296 e. The molecule has 0 aromatic carbocycles. The summed E-state index contributed by atoms with van der Waals surface area (Å²) in [6.07, 6.45) is 5.97. The Labute approximate surface area is 128 Å². The highest BCUT2D eigenvalue weighted by molar-refractivity contribution is 5.12. The van der Waals surface area contributed by atoms with Gasteiger partial charge in [-0.15, -0.1) is 0 Å². The molecule has 2 heterocycles. The third-order valence-corrected chi connectivity index (χ3v) is 5.26. The lowest BCUT2D eigenvalue weighted by Gasteiger charge is -2.47. The number of aryl methyl sites for hydroxylation is 2. The van der Waals surface area contributed by atoms with Crippen molar-refractivity contribution in [2.24, 2.45) is 12.9 Å². The minimum atomic E-state index is 0.0906. The molecule has 1 aromatic heterocycles. The van der Waals surface area contributed by atoms with Crippen molar-refractivity contribution in [1.29, 1.82) is 0 Å². The van der Waals surface area contributed by atoms with Gasteiger partial charge in [0.25, 0.3) is 0 Å². The van der Waals surface area contributed by atoms with Crippen LogP contribution in [-0.2, 0) is 13.5 Å². The van der Waals surface area contributed by atoms with E-state index in [-0.39, 0.29) is 11.6 Å². The number of nitrogens with two attached hydrogens (primary N) is 1. The van der Waals surface area contributed by atoms with Crippen molar-refractivity contribution in [1.82, 2.24) is 20.1 Å². The highest BCUT2D eigenvalue weighted by Crippen LogP contribution is 2.29. The number of likely N-dealkylation sites (tertiary alicyclic amines) is 1. The molecule has 0 radical (unpaired) electrons. The van der Waals surface area contributed by atoms with Crippen LogP contribution in [0.4, 0.5) is 0 Å². The summed E-state index contributed by atoms with van der Waals surface area (Å²) in [5, 5.41) is 4.45. The second-order valence-corrected chi connectivity index (χ2v) is 6.58. The Kier molecular flexibility index (Phi) is 5.41. The van der Waals surface area contributed by atoms with Crippen LogP contribution in [0.1, 0.15) is 50.9 Å². The molecular formula is C16H31N5. The van der Waals surface area contributed by atoms with Gasteiger partial charge in [0.2, 0.25) is 0 Å². The van der Waals surface area contributed by atoms with Crippen molar-refractivity contribution < 1.29 is 0 Å². The maximum atomic E-state index is 5.94. The molecule has 1 aliphatic rings. The van der Waals surface area contributed by atoms with Crippen molar-refractivity contribution in [2.45, 2.75) is 64.5 Å². The van der Waals surface area contributed by atoms with Gasteiger partial charge in [0.15, 0.2) is 0 Å². The van der Waals surface area contributed by atoms with E-state index >= 15 is 0 Å². The molecule has 1 saturated heterocycles. The van der Waals surface area contributed by atoms with Crippen LogP contribution in [0.2, 0.25) is 0 Å². The van der Waals surface area contributed by atoms with E-state index in [4.69, 9.17) is 5.84 Å². The number of rotatable bonds is 6. The lowest BCUT2D eigenvalue weighted by Crippen LogP contribution is -2.62. The minimum absolute atomic E-state index is 0.0906. The van der Waals surface area contributed by atoms with Crippen LogP contribution in [0.3, 0.4) is 0 Å². The zero-order valence-electron chi connectivity index (χ0n) is 14.0. The monoisotopic (exact) mass is 293 g/mol. The van der Waals surface area contributed by atoms with Crippen LogP contribution >= 0.6 is 0 Å². The smallest absolute Gasteiger partial charge is 0.0596 e. The number of hydrogen-bond acceptors (Lipinski definition) is 4. The molecule has 21 heavy (non-hydrogen) atoms. The number of hydrazine groups is 1. The number of nitrogens with zero attached hydrogens (tertiary/aromatic N) is 3. The second-order valence-electron chi connectivity index (χ2n) is 6.58. The molecule has 0 aliphatic carbocycles. The van der Waals surface area contributed by atoms with Crippen LogP contribution < -0.4 is 11.3 Å². The highest BCUT2D eigenvalue weighted by Gasteiger charge is 2.38. The second kappa shape index (κ2) is 6.90. The number of hydrogen-bond donors (Lipinski definition) is 2. The standard InChI is InChI=1S/C16H31N5/c1-5-16(3,21-9-7-6-8-10-21)15(18-17)12-14-11-13(2)19-20(14)4/h11,15,18H,5-10,12,17H2,1-4H3. The summed E-state index contributed by atoms with van der Waals surface area (Å²) in [4.78, 5) is 2.63. The van der Waals surface area contributed by atoms with Gasteiger partial charge in [0.1, 0.15) is 0 Å². The van der Waals surface area contributed by atoms with E-state index in [1.807, 2.05) is 18.7 Å². The molecule has 1 fully saturated rings. The van der Waals surface area contributed by atoms with Crippen molar-refractivity contribution in [3.05, 3.63) is 17.5 Å². The van der Waals surface area contributed by atoms with Crippen molar-refractivity contribution >= 4 is 0 Å². The summed E-state index contributed by atoms with van der Waals surface area (Å²) in [5.74, 6) is 5.94. The van der Waals surface area contributed by atoms with E-state index in [1.54, 1.807) is 0 Å². The Balaban J connectivity index is 2.18. The van der Waals surface area contributed by atoms with E-state index in [0.717, 1.165) is 18.5 Å². The summed E-state index contributed by atoms with van der Waals surface area (Å²) in [7, 11) is 2.01. The van der Waals surface area contributed by atoms with E-state index in [9.17, 15) is 0 Å². The van der Waals surface area contributed by atoms with Gasteiger partial charge in [-0.3, -0.25) is 20.9 Å². The van der Waals surface area contributed by atoms with Crippen LogP contribution in [-0.4, -0.2) is 39.4 Å². The lowest BCUT2D eigenvalue weighted by atomic mass is 9.83. The molecule has 0 bridgehead atoms. The molecule has 2 unspecified atom stereocenters. The first-order chi connectivity index (χ1) is 10.0. The van der Waals surface area contributed by atoms with Gasteiger partial charge >= 0.3 is 0 Å². The molecule has 120 valence electrons. The van der Waals surface area contributed by atoms with Crippen LogP contribution in [0, 0.1) is 6.92 Å². The van der Waals surface area contributed by atoms with Gasteiger partial charge in [-0.25, -0.2) is 0 Å². The SMILES string of the molecule is CCC(C)(C(Cc1cc(C)nn1C)NN)N1CCCCC1. The third-order valence-electron chi connectivity index (χ3n) is 5.26. The number of nitrogens with one attached hydrogen (secondary N) is 1. The average Bonchev–Trinajstić information content (AvgIpc) is 2.82. The summed E-state index contributed by atoms with van der Waals surface area (Å²) in [6.45, 7) is 9.04. The van der Waals surface area contributed by atoms with E-state index in [2.05, 4.69) is 35.3 Å². The summed E-state index contributed by atoms with van der Waals surface area (Å²) >= 11 is 0. The molecule has 1 aliphatic heterocycles. The van der Waals surface area contributed by atoms with Gasteiger partial charge < -0.3 is 0 Å². The van der Waals surface area contributed by atoms with Gasteiger partial charge in [-0.05, 0) is 52.3 Å². The van der Waals surface area contributed by atoms with Gasteiger partial charge in [0, 0.05) is 30.7 Å².